The third kappa shape index (κ3) is 0.368. The van der Waals surface area contributed by atoms with E-state index in [4.69, 9.17) is 11.6 Å². The van der Waals surface area contributed by atoms with Gasteiger partial charge in [0.2, 0.25) is 0 Å². The second-order valence-corrected chi connectivity index (χ2v) is 3.22. The minimum Gasteiger partial charge on any atom is -0.299 e. The van der Waals surface area contributed by atoms with Crippen LogP contribution in [0.15, 0.2) is 0 Å². The molecule has 0 radical (unpaired) electrons. The fraction of sp³-hybridized carbons (Fsp3) is 0.833. The topological polar surface area (TPSA) is 17.1 Å². The second kappa shape index (κ2) is 1.27. The monoisotopic (exact) mass is 130 g/mol. The number of alkyl halides is 1. The van der Waals surface area contributed by atoms with E-state index in [-0.39, 0.29) is 11.3 Å². The van der Waals surface area contributed by atoms with Crippen molar-refractivity contribution in [2.24, 2.45) is 11.8 Å². The third-order valence-corrected chi connectivity index (χ3v) is 2.93. The molecule has 44 valence electrons. The van der Waals surface area contributed by atoms with Crippen LogP contribution in [0.25, 0.3) is 0 Å². The Morgan fingerprint density at radius 3 is 2.50 bits per heavy atom. The molecule has 0 aromatic rings. The van der Waals surface area contributed by atoms with Crippen molar-refractivity contribution >= 4 is 17.4 Å². The zero-order valence-corrected chi connectivity index (χ0v) is 5.19. The summed E-state index contributed by atoms with van der Waals surface area (Å²) in [4.78, 5) is 10.7. The van der Waals surface area contributed by atoms with Gasteiger partial charge in [-0.1, -0.05) is 0 Å². The van der Waals surface area contributed by atoms with Gasteiger partial charge in [0.15, 0.2) is 0 Å². The fourth-order valence-corrected chi connectivity index (χ4v) is 2.07. The Labute approximate surface area is 53.0 Å². The molecule has 3 fully saturated rings. The molecule has 8 heavy (non-hydrogen) atoms. The molecule has 2 bridgehead atoms. The highest BCUT2D eigenvalue weighted by atomic mass is 35.5. The summed E-state index contributed by atoms with van der Waals surface area (Å²) in [7, 11) is 0. The number of rotatable bonds is 0. The van der Waals surface area contributed by atoms with Crippen molar-refractivity contribution in [2.45, 2.75) is 18.2 Å². The van der Waals surface area contributed by atoms with Crippen LogP contribution in [0.1, 0.15) is 12.8 Å². The van der Waals surface area contributed by atoms with Gasteiger partial charge in [-0.2, -0.15) is 0 Å². The number of fused-ring (bicyclic) bond motifs is 1. The number of halogens is 1. The highest BCUT2D eigenvalue weighted by Crippen LogP contribution is 2.49. The van der Waals surface area contributed by atoms with Crippen molar-refractivity contribution in [3.8, 4) is 0 Å². The lowest BCUT2D eigenvalue weighted by Crippen LogP contribution is -2.30. The average Bonchev–Trinajstić information content (AvgIpc) is 2.19. The van der Waals surface area contributed by atoms with Gasteiger partial charge in [-0.25, -0.2) is 0 Å². The molecule has 0 amide bonds. The summed E-state index contributed by atoms with van der Waals surface area (Å²) in [5.74, 6) is 1.20. The Morgan fingerprint density at radius 1 is 1.62 bits per heavy atom. The summed E-state index contributed by atoms with van der Waals surface area (Å²) >= 11 is 5.79. The number of hydrogen-bond acceptors (Lipinski definition) is 1. The first-order chi connectivity index (χ1) is 3.79. The van der Waals surface area contributed by atoms with Crippen LogP contribution in [-0.4, -0.2) is 11.2 Å². The predicted octanol–water partition coefficient (Wildman–Crippen LogP) is 1.20. The molecule has 0 aliphatic heterocycles. The maximum absolute atomic E-state index is 10.7. The highest BCUT2D eigenvalue weighted by molar-refractivity contribution is 6.24. The molecule has 3 unspecified atom stereocenters. The first kappa shape index (κ1) is 4.80. The van der Waals surface area contributed by atoms with Crippen LogP contribution in [0.3, 0.4) is 0 Å². The number of carbonyl (C=O) groups is 1. The summed E-state index contributed by atoms with van der Waals surface area (Å²) in [6, 6.07) is 0. The van der Waals surface area contributed by atoms with Gasteiger partial charge in [0.05, 0.1) is 0 Å². The number of carbonyl (C=O) groups excluding carboxylic acids is 1. The van der Waals surface area contributed by atoms with Crippen LogP contribution >= 0.6 is 11.6 Å². The molecule has 0 aromatic heterocycles. The smallest absolute Gasteiger partial charge is 0.137 e. The van der Waals surface area contributed by atoms with E-state index in [0.29, 0.717) is 11.7 Å². The molecule has 0 spiro atoms. The first-order valence-electron chi connectivity index (χ1n) is 2.96. The van der Waals surface area contributed by atoms with Gasteiger partial charge >= 0.3 is 0 Å². The molecule has 3 saturated carbocycles. The average molecular weight is 131 g/mol. The van der Waals surface area contributed by atoms with E-state index in [1.165, 1.54) is 0 Å². The molecule has 3 aliphatic carbocycles. The second-order valence-electron chi connectivity index (χ2n) is 2.72. The maximum atomic E-state index is 10.7. The Hall–Kier alpha value is -0.0400. The zero-order valence-electron chi connectivity index (χ0n) is 4.43. The predicted molar refractivity (Wildman–Crippen MR) is 30.9 cm³/mol. The largest absolute Gasteiger partial charge is 0.299 e. The molecule has 2 heteroatoms. The Bertz CT molecular complexity index is 143. The first-order valence-corrected chi connectivity index (χ1v) is 3.39. The zero-order chi connectivity index (χ0) is 5.72. The van der Waals surface area contributed by atoms with E-state index >= 15 is 0 Å². The molecule has 0 N–H and O–H groups in total. The van der Waals surface area contributed by atoms with Gasteiger partial charge < -0.3 is 0 Å². The standard InChI is InChI=1S/C6H7ClO/c7-6-3-1-4(6)5(8)2-3/h3-4,6H,1-2H2. The van der Waals surface area contributed by atoms with Gasteiger partial charge in [-0.3, -0.25) is 4.79 Å². The van der Waals surface area contributed by atoms with Crippen LogP contribution in [0.2, 0.25) is 0 Å². The van der Waals surface area contributed by atoms with Crippen LogP contribution < -0.4 is 0 Å². The van der Waals surface area contributed by atoms with Crippen LogP contribution in [0.5, 0.6) is 0 Å². The molecule has 1 nitrogen and oxygen atoms in total. The lowest BCUT2D eigenvalue weighted by atomic mass is 9.84. The lowest BCUT2D eigenvalue weighted by Gasteiger charge is -2.27. The van der Waals surface area contributed by atoms with Gasteiger partial charge in [0, 0.05) is 17.7 Å². The SMILES string of the molecule is O=C1CC2CC1C2Cl. The summed E-state index contributed by atoms with van der Waals surface area (Å²) in [5.41, 5.74) is 0. The molecule has 0 heterocycles. The molecule has 3 atom stereocenters. The molecule has 3 rings (SSSR count). The minimum atomic E-state index is 0.211. The van der Waals surface area contributed by atoms with Crippen molar-refractivity contribution in [1.29, 1.82) is 0 Å². The third-order valence-electron chi connectivity index (χ3n) is 2.27. The van der Waals surface area contributed by atoms with Crippen molar-refractivity contribution in [3.05, 3.63) is 0 Å². The van der Waals surface area contributed by atoms with E-state index in [2.05, 4.69) is 0 Å². The molecule has 0 aromatic carbocycles. The molecular weight excluding hydrogens is 124 g/mol. The van der Waals surface area contributed by atoms with Crippen LogP contribution in [-0.2, 0) is 4.79 Å². The Kier molecular flexibility index (Phi) is 0.762. The minimum absolute atomic E-state index is 0.211. The highest BCUT2D eigenvalue weighted by Gasteiger charge is 2.51. The van der Waals surface area contributed by atoms with Gasteiger partial charge in [0.1, 0.15) is 5.78 Å². The van der Waals surface area contributed by atoms with E-state index < -0.39 is 0 Å². The molecular formula is C6H7ClO. The Balaban J connectivity index is 2.24. The lowest BCUT2D eigenvalue weighted by molar-refractivity contribution is -0.119. The number of Topliss-reactive ketones (excluding diaryl/α,β-unsaturated/α-hetero) is 1. The van der Waals surface area contributed by atoms with Crippen LogP contribution in [0, 0.1) is 11.8 Å². The van der Waals surface area contributed by atoms with Crippen molar-refractivity contribution in [3.63, 3.8) is 0 Å². The van der Waals surface area contributed by atoms with Crippen LogP contribution in [0.4, 0.5) is 0 Å². The fourth-order valence-electron chi connectivity index (χ4n) is 1.63. The van der Waals surface area contributed by atoms with Gasteiger partial charge in [-0.15, -0.1) is 11.6 Å². The van der Waals surface area contributed by atoms with E-state index in [1.807, 2.05) is 0 Å². The van der Waals surface area contributed by atoms with E-state index in [1.54, 1.807) is 0 Å². The van der Waals surface area contributed by atoms with Gasteiger partial charge in [0.25, 0.3) is 0 Å². The molecule has 3 aliphatic rings. The number of ketones is 1. The summed E-state index contributed by atoms with van der Waals surface area (Å²) in [6.45, 7) is 0. The van der Waals surface area contributed by atoms with E-state index in [0.717, 1.165) is 12.8 Å². The van der Waals surface area contributed by atoms with Gasteiger partial charge in [-0.05, 0) is 12.3 Å². The summed E-state index contributed by atoms with van der Waals surface area (Å²) in [6.07, 6.45) is 1.84. The molecule has 0 saturated heterocycles. The van der Waals surface area contributed by atoms with Crippen molar-refractivity contribution in [1.82, 2.24) is 0 Å². The van der Waals surface area contributed by atoms with Crippen molar-refractivity contribution in [2.75, 3.05) is 0 Å². The number of hydrogen-bond donors (Lipinski definition) is 0. The van der Waals surface area contributed by atoms with E-state index in [9.17, 15) is 4.79 Å². The summed E-state index contributed by atoms with van der Waals surface area (Å²) in [5, 5.41) is 0.211. The van der Waals surface area contributed by atoms with Crippen molar-refractivity contribution < 1.29 is 4.79 Å². The quantitative estimate of drug-likeness (QED) is 0.451. The normalized spacial score (nSPS) is 51.6. The maximum Gasteiger partial charge on any atom is 0.137 e. The summed E-state index contributed by atoms with van der Waals surface area (Å²) < 4.78 is 0. The Morgan fingerprint density at radius 2 is 2.38 bits per heavy atom.